The van der Waals surface area contributed by atoms with Gasteiger partial charge >= 0.3 is 6.18 Å². The summed E-state index contributed by atoms with van der Waals surface area (Å²) in [4.78, 5) is 16.2. The molecule has 1 unspecified atom stereocenters. The fraction of sp³-hybridized carbons (Fsp3) is 0.562. The van der Waals surface area contributed by atoms with Gasteiger partial charge in [-0.25, -0.2) is 0 Å². The van der Waals surface area contributed by atoms with Crippen LogP contribution in [0.15, 0.2) is 48.5 Å². The second-order valence-electron chi connectivity index (χ2n) is 11.9. The number of alkyl halides is 3. The number of fused-ring (bicyclic) bond motifs is 1. The minimum absolute atomic E-state index is 0.0141. The predicted molar refractivity (Wildman–Crippen MR) is 152 cm³/mol. The average molecular weight is 618 g/mol. The zero-order chi connectivity index (χ0) is 31.4. The fourth-order valence-corrected chi connectivity index (χ4v) is 5.91. The Bertz CT molecular complexity index is 1310. The topological polar surface area (TPSA) is 102 Å². The first-order chi connectivity index (χ1) is 21.0. The summed E-state index contributed by atoms with van der Waals surface area (Å²) in [5.41, 5.74) is -0.220. The Morgan fingerprint density at radius 3 is 2.34 bits per heavy atom. The molecule has 2 aromatic carbocycles. The molecule has 2 aliphatic heterocycles. The summed E-state index contributed by atoms with van der Waals surface area (Å²) < 4.78 is 69.8. The number of amides is 1. The number of rotatable bonds is 10. The van der Waals surface area contributed by atoms with Crippen molar-refractivity contribution in [3.8, 4) is 6.07 Å². The summed E-state index contributed by atoms with van der Waals surface area (Å²) in [5.74, 6) is -1.23. The van der Waals surface area contributed by atoms with Crippen molar-refractivity contribution in [3.63, 3.8) is 0 Å². The van der Waals surface area contributed by atoms with Crippen LogP contribution < -0.4 is 5.32 Å². The monoisotopic (exact) mass is 617 g/mol. The van der Waals surface area contributed by atoms with Crippen LogP contribution in [0, 0.1) is 11.3 Å². The van der Waals surface area contributed by atoms with Gasteiger partial charge in [-0.3, -0.25) is 9.69 Å². The molecule has 2 heterocycles. The number of benzene rings is 2. The lowest BCUT2D eigenvalue weighted by Crippen LogP contribution is -2.60. The normalized spacial score (nSPS) is 27.0. The summed E-state index contributed by atoms with van der Waals surface area (Å²) in [7, 11) is 0. The lowest BCUT2D eigenvalue weighted by molar-refractivity contribution is -0.183. The molecule has 1 N–H and O–H groups in total. The van der Waals surface area contributed by atoms with Crippen molar-refractivity contribution in [1.82, 2.24) is 10.2 Å². The van der Waals surface area contributed by atoms with Crippen LogP contribution in [0.2, 0.25) is 0 Å². The van der Waals surface area contributed by atoms with E-state index in [4.69, 9.17) is 28.9 Å². The molecule has 238 valence electrons. The zero-order valence-corrected chi connectivity index (χ0v) is 24.9. The van der Waals surface area contributed by atoms with Crippen LogP contribution in [-0.4, -0.2) is 79.9 Å². The maximum atomic E-state index is 14.0. The Kier molecular flexibility index (Phi) is 9.94. The van der Waals surface area contributed by atoms with Gasteiger partial charge in [0.2, 0.25) is 0 Å². The van der Waals surface area contributed by atoms with Crippen LogP contribution in [-0.2, 0) is 47.9 Å². The molecule has 4 atom stereocenters. The minimum Gasteiger partial charge on any atom is -0.379 e. The van der Waals surface area contributed by atoms with Crippen molar-refractivity contribution in [2.45, 2.75) is 75.8 Å². The number of hydrogen-bond donors (Lipinski definition) is 1. The van der Waals surface area contributed by atoms with E-state index >= 15 is 0 Å². The highest BCUT2D eigenvalue weighted by molar-refractivity contribution is 5.85. The highest BCUT2D eigenvalue weighted by Crippen LogP contribution is 2.44. The molecule has 2 aromatic rings. The highest BCUT2D eigenvalue weighted by Gasteiger charge is 2.58. The van der Waals surface area contributed by atoms with E-state index in [9.17, 15) is 18.0 Å². The summed E-state index contributed by atoms with van der Waals surface area (Å²) in [6.45, 7) is 7.66. The van der Waals surface area contributed by atoms with E-state index in [0.29, 0.717) is 37.4 Å². The average Bonchev–Trinajstić information content (AvgIpc) is 3.33. The molecule has 0 radical (unpaired) electrons. The molecular weight excluding hydrogens is 579 g/mol. The molecule has 9 nitrogen and oxygen atoms in total. The third kappa shape index (κ3) is 7.96. The van der Waals surface area contributed by atoms with Crippen LogP contribution in [0.1, 0.15) is 48.9 Å². The Hall–Kier alpha value is -3.05. The SMILES string of the molecule is CC1(C)O[C@@H]2C[C@@](OCc3ccc(C#N)cc3)(C(=O)NCCN3CCOCC3)CC(OCc3ccc(C(F)(F)F)cc3)[C@@H]2O1. The van der Waals surface area contributed by atoms with Crippen LogP contribution in [0.4, 0.5) is 13.2 Å². The number of hydrogen-bond acceptors (Lipinski definition) is 8. The first-order valence-electron chi connectivity index (χ1n) is 14.8. The third-order valence-electron chi connectivity index (χ3n) is 8.22. The lowest BCUT2D eigenvalue weighted by Gasteiger charge is -2.43. The molecule has 0 aromatic heterocycles. The van der Waals surface area contributed by atoms with E-state index in [1.165, 1.54) is 12.1 Å². The van der Waals surface area contributed by atoms with Gasteiger partial charge in [-0.05, 0) is 49.2 Å². The molecule has 0 spiro atoms. The lowest BCUT2D eigenvalue weighted by atomic mass is 9.78. The Morgan fingerprint density at radius 1 is 1.02 bits per heavy atom. The van der Waals surface area contributed by atoms with Gasteiger partial charge in [-0.15, -0.1) is 0 Å². The van der Waals surface area contributed by atoms with Gasteiger partial charge in [0.05, 0.1) is 55.8 Å². The highest BCUT2D eigenvalue weighted by atomic mass is 19.4. The molecule has 1 saturated carbocycles. The van der Waals surface area contributed by atoms with Gasteiger partial charge in [0.25, 0.3) is 5.91 Å². The first kappa shape index (κ1) is 32.3. The second-order valence-corrected chi connectivity index (χ2v) is 11.9. The maximum absolute atomic E-state index is 14.0. The Balaban J connectivity index is 1.35. The number of nitrogens with zero attached hydrogens (tertiary/aromatic N) is 2. The van der Waals surface area contributed by atoms with E-state index in [-0.39, 0.29) is 32.0 Å². The van der Waals surface area contributed by atoms with E-state index in [1.807, 2.05) is 0 Å². The van der Waals surface area contributed by atoms with E-state index in [0.717, 1.165) is 30.8 Å². The summed E-state index contributed by atoms with van der Waals surface area (Å²) in [5, 5.41) is 12.2. The first-order valence-corrected chi connectivity index (χ1v) is 14.8. The maximum Gasteiger partial charge on any atom is 0.416 e. The molecule has 1 amide bonds. The van der Waals surface area contributed by atoms with Crippen molar-refractivity contribution < 1.29 is 41.7 Å². The molecular formula is C32H38F3N3O6. The Labute approximate surface area is 255 Å². The van der Waals surface area contributed by atoms with Crippen molar-refractivity contribution in [2.24, 2.45) is 0 Å². The van der Waals surface area contributed by atoms with E-state index < -0.39 is 41.4 Å². The molecule has 1 aliphatic carbocycles. The van der Waals surface area contributed by atoms with Crippen LogP contribution in [0.25, 0.3) is 0 Å². The van der Waals surface area contributed by atoms with Crippen LogP contribution in [0.3, 0.4) is 0 Å². The van der Waals surface area contributed by atoms with Crippen LogP contribution in [0.5, 0.6) is 0 Å². The predicted octanol–water partition coefficient (Wildman–Crippen LogP) is 4.18. The molecule has 2 saturated heterocycles. The molecule has 12 heteroatoms. The van der Waals surface area contributed by atoms with Gasteiger partial charge in [-0.1, -0.05) is 24.3 Å². The van der Waals surface area contributed by atoms with Gasteiger partial charge < -0.3 is 29.0 Å². The molecule has 3 fully saturated rings. The molecule has 5 rings (SSSR count). The van der Waals surface area contributed by atoms with Gasteiger partial charge in [0, 0.05) is 39.0 Å². The zero-order valence-electron chi connectivity index (χ0n) is 24.9. The van der Waals surface area contributed by atoms with Gasteiger partial charge in [0.1, 0.15) is 6.10 Å². The van der Waals surface area contributed by atoms with E-state index in [1.54, 1.807) is 38.1 Å². The smallest absolute Gasteiger partial charge is 0.379 e. The van der Waals surface area contributed by atoms with Crippen LogP contribution >= 0.6 is 0 Å². The largest absolute Gasteiger partial charge is 0.416 e. The van der Waals surface area contributed by atoms with Gasteiger partial charge in [0.15, 0.2) is 11.4 Å². The standard InChI is InChI=1S/C32H38F3N3O6/c1-30(2)43-27-18-31(42-21-24-5-3-22(19-36)4-6-24,29(39)37-11-12-38-13-15-40-16-14-38)17-26(28(27)44-30)41-20-23-7-9-25(10-8-23)32(33,34)35/h3-10,26-28H,11-18,20-21H2,1-2H3,(H,37,39)/t26?,27-,28+,31-/m1/s1. The van der Waals surface area contributed by atoms with Crippen molar-refractivity contribution in [1.29, 1.82) is 5.26 Å². The van der Waals surface area contributed by atoms with Gasteiger partial charge in [-0.2, -0.15) is 18.4 Å². The van der Waals surface area contributed by atoms with Crippen molar-refractivity contribution >= 4 is 5.91 Å². The number of carbonyl (C=O) groups excluding carboxylic acids is 1. The second kappa shape index (κ2) is 13.5. The number of carbonyl (C=O) groups is 1. The summed E-state index contributed by atoms with van der Waals surface area (Å²) in [6, 6.07) is 13.8. The summed E-state index contributed by atoms with van der Waals surface area (Å²) in [6.07, 6.45) is -5.75. The molecule has 44 heavy (non-hydrogen) atoms. The minimum atomic E-state index is -4.43. The number of morpholine rings is 1. The fourth-order valence-electron chi connectivity index (χ4n) is 5.91. The van der Waals surface area contributed by atoms with E-state index in [2.05, 4.69) is 16.3 Å². The Morgan fingerprint density at radius 2 is 1.68 bits per heavy atom. The van der Waals surface area contributed by atoms with Crippen molar-refractivity contribution in [3.05, 3.63) is 70.8 Å². The quantitative estimate of drug-likeness (QED) is 0.424. The molecule has 0 bridgehead atoms. The number of ether oxygens (including phenoxy) is 5. The summed E-state index contributed by atoms with van der Waals surface area (Å²) >= 11 is 0. The third-order valence-corrected chi connectivity index (χ3v) is 8.22. The number of halogens is 3. The van der Waals surface area contributed by atoms with Crippen molar-refractivity contribution in [2.75, 3.05) is 39.4 Å². The molecule has 3 aliphatic rings. The number of nitriles is 1. The number of nitrogens with one attached hydrogen (secondary N) is 1.